The van der Waals surface area contributed by atoms with Gasteiger partial charge in [0.25, 0.3) is 0 Å². The number of carbonyl (C=O) groups is 1. The van der Waals surface area contributed by atoms with Crippen molar-refractivity contribution in [3.63, 3.8) is 0 Å². The highest BCUT2D eigenvalue weighted by Crippen LogP contribution is 2.32. The number of aromatic nitrogens is 1. The van der Waals surface area contributed by atoms with E-state index in [-0.39, 0.29) is 13.7 Å². The largest absolute Gasteiger partial charge is 0.768 e. The van der Waals surface area contributed by atoms with Crippen LogP contribution in [0.25, 0.3) is 11.1 Å². The molecule has 7 nitrogen and oxygen atoms in total. The number of thiazole rings is 1. The highest BCUT2D eigenvalue weighted by molar-refractivity contribution is 7.79. The summed E-state index contributed by atoms with van der Waals surface area (Å²) in [6.45, 7) is 1.79. The molecule has 3 heterocycles. The lowest BCUT2D eigenvalue weighted by Crippen LogP contribution is -2.23. The monoisotopic (exact) mass is 523 g/mol. The Labute approximate surface area is 220 Å². The molecular formula is C27H31N4O3S2-. The maximum atomic E-state index is 11.4. The van der Waals surface area contributed by atoms with Crippen LogP contribution in [0.4, 0.5) is 16.5 Å². The molecule has 6 rings (SSSR count). The molecule has 1 fully saturated rings. The average molecular weight is 524 g/mol. The summed E-state index contributed by atoms with van der Waals surface area (Å²) < 4.78 is 21.2. The molecule has 190 valence electrons. The average Bonchev–Trinajstić information content (AvgIpc) is 3.68. The number of anilines is 3. The molecule has 0 spiro atoms. The number of benzene rings is 3. The van der Waals surface area contributed by atoms with Crippen molar-refractivity contribution in [3.05, 3.63) is 89.9 Å². The highest BCUT2D eigenvalue weighted by atomic mass is 32.2. The summed E-state index contributed by atoms with van der Waals surface area (Å²) in [6.07, 6.45) is 4.27. The summed E-state index contributed by atoms with van der Waals surface area (Å²) in [6, 6.07) is 23.4. The molecule has 1 aromatic heterocycles. The van der Waals surface area contributed by atoms with Gasteiger partial charge < -0.3 is 20.5 Å². The molecule has 0 saturated carbocycles. The van der Waals surface area contributed by atoms with Gasteiger partial charge in [-0.05, 0) is 70.9 Å². The third-order valence-electron chi connectivity index (χ3n) is 5.82. The van der Waals surface area contributed by atoms with Crippen molar-refractivity contribution in [2.24, 2.45) is 0 Å². The minimum atomic E-state index is -2.20. The number of nitrogens with one attached hydrogen (secondary N) is 1. The third-order valence-corrected chi connectivity index (χ3v) is 7.08. The van der Waals surface area contributed by atoms with E-state index in [1.165, 1.54) is 45.8 Å². The van der Waals surface area contributed by atoms with E-state index in [1.807, 2.05) is 5.38 Å². The van der Waals surface area contributed by atoms with E-state index in [2.05, 4.69) is 58.8 Å². The predicted octanol–water partition coefficient (Wildman–Crippen LogP) is 5.59. The summed E-state index contributed by atoms with van der Waals surface area (Å²) in [4.78, 5) is 17.0. The normalized spacial score (nSPS) is 14.6. The number of nitrogens with two attached hydrogens (primary N) is 1. The summed E-state index contributed by atoms with van der Waals surface area (Å²) >= 11 is -0.756. The van der Waals surface area contributed by atoms with E-state index in [0.717, 1.165) is 31.6 Å². The second-order valence-electron chi connectivity index (χ2n) is 8.12. The summed E-state index contributed by atoms with van der Waals surface area (Å²) in [5.41, 5.74) is 11.4. The molecule has 0 aliphatic carbocycles. The van der Waals surface area contributed by atoms with Crippen LogP contribution in [0.15, 0.2) is 89.3 Å². The van der Waals surface area contributed by atoms with Gasteiger partial charge in [0.2, 0.25) is 5.91 Å². The van der Waals surface area contributed by atoms with E-state index in [1.54, 1.807) is 23.2 Å². The summed E-state index contributed by atoms with van der Waals surface area (Å²) in [5, 5.41) is 5.89. The Morgan fingerprint density at radius 1 is 1.03 bits per heavy atom. The maximum absolute atomic E-state index is 11.4. The number of fused-ring (bicyclic) bond motifs is 1. The van der Waals surface area contributed by atoms with Crippen LogP contribution in [-0.4, -0.2) is 32.7 Å². The summed E-state index contributed by atoms with van der Waals surface area (Å²) in [7, 11) is 0. The van der Waals surface area contributed by atoms with E-state index in [0.29, 0.717) is 11.6 Å². The fourth-order valence-corrected chi connectivity index (χ4v) is 4.87. The van der Waals surface area contributed by atoms with Crippen LogP contribution in [0, 0.1) is 0 Å². The number of rotatable bonds is 3. The van der Waals surface area contributed by atoms with E-state index < -0.39 is 11.1 Å². The molecule has 2 aliphatic heterocycles. The Morgan fingerprint density at radius 3 is 2.39 bits per heavy atom. The van der Waals surface area contributed by atoms with Crippen LogP contribution >= 0.6 is 11.3 Å². The molecule has 2 aliphatic rings. The standard InChI is InChI=1S/C14H13N.C10H11NO3S.C3H4N2S.2H2/c1-2-5-11(6-3-1)12-7-4-8-14-13(12)9-10-15-14;12-10-2-1-7-11(10)8-3-5-9(6-4-8)15(13)14;4-3-5-1-2-6-3;;/h1-8,15H,9-10H2;3-6H,1-2,7H2,(H,13,14);1-2H,(H2,4,5);2*1H/p-1. The molecule has 4 aromatic rings. The van der Waals surface area contributed by atoms with Crippen molar-refractivity contribution in [2.75, 3.05) is 29.0 Å². The molecule has 1 atom stereocenters. The van der Waals surface area contributed by atoms with Crippen molar-refractivity contribution in [1.82, 2.24) is 4.98 Å². The van der Waals surface area contributed by atoms with Gasteiger partial charge in [-0.1, -0.05) is 42.5 Å². The van der Waals surface area contributed by atoms with Crippen LogP contribution < -0.4 is 16.0 Å². The van der Waals surface area contributed by atoms with Gasteiger partial charge in [0.05, 0.1) is 0 Å². The zero-order valence-corrected chi connectivity index (χ0v) is 21.3. The number of nitrogen functional groups attached to an aromatic ring is 1. The minimum Gasteiger partial charge on any atom is -0.768 e. The SMILES string of the molecule is Nc1nccs1.O=C1CCCN1c1ccc(S(=O)[O-])cc1.[HH].[HH].c1ccc(-c2cccc3c2CCN3)cc1. The maximum Gasteiger partial charge on any atom is 0.227 e. The Balaban J connectivity index is 0.000000211. The van der Waals surface area contributed by atoms with Crippen molar-refractivity contribution < 1.29 is 16.4 Å². The fraction of sp³-hybridized carbons (Fsp3) is 0.185. The Kier molecular flexibility index (Phi) is 8.83. The minimum absolute atomic E-state index is 0. The third kappa shape index (κ3) is 6.57. The zero-order chi connectivity index (χ0) is 25.3. The molecule has 0 bridgehead atoms. The molecule has 1 amide bonds. The second-order valence-corrected chi connectivity index (χ2v) is 9.99. The van der Waals surface area contributed by atoms with Crippen molar-refractivity contribution >= 4 is 44.8 Å². The molecule has 0 radical (unpaired) electrons. The molecule has 36 heavy (non-hydrogen) atoms. The topological polar surface area (TPSA) is 111 Å². The van der Waals surface area contributed by atoms with E-state index in [9.17, 15) is 13.6 Å². The molecular weight excluding hydrogens is 492 g/mol. The first kappa shape index (κ1) is 25.6. The van der Waals surface area contributed by atoms with Gasteiger partial charge in [-0.15, -0.1) is 11.3 Å². The lowest BCUT2D eigenvalue weighted by atomic mass is 9.98. The van der Waals surface area contributed by atoms with Gasteiger partial charge in [-0.25, -0.2) is 4.98 Å². The van der Waals surface area contributed by atoms with Crippen molar-refractivity contribution in [2.45, 2.75) is 24.2 Å². The first-order valence-corrected chi connectivity index (χ1v) is 13.5. The highest BCUT2D eigenvalue weighted by Gasteiger charge is 2.21. The molecule has 3 N–H and O–H groups in total. The van der Waals surface area contributed by atoms with Crippen molar-refractivity contribution in [1.29, 1.82) is 0 Å². The van der Waals surface area contributed by atoms with Crippen LogP contribution in [0.2, 0.25) is 0 Å². The Hall–Kier alpha value is -3.53. The Morgan fingerprint density at radius 2 is 1.81 bits per heavy atom. The van der Waals surface area contributed by atoms with Gasteiger partial charge in [0.15, 0.2) is 5.13 Å². The zero-order valence-electron chi connectivity index (χ0n) is 19.6. The van der Waals surface area contributed by atoms with Gasteiger partial charge in [0, 0.05) is 50.2 Å². The van der Waals surface area contributed by atoms with E-state index in [4.69, 9.17) is 5.73 Å². The molecule has 9 heteroatoms. The van der Waals surface area contributed by atoms with E-state index >= 15 is 0 Å². The van der Waals surface area contributed by atoms with Gasteiger partial charge in [-0.3, -0.25) is 9.00 Å². The van der Waals surface area contributed by atoms with Gasteiger partial charge >= 0.3 is 0 Å². The number of nitrogens with zero attached hydrogens (tertiary/aromatic N) is 2. The van der Waals surface area contributed by atoms with Crippen LogP contribution in [-0.2, 0) is 22.3 Å². The fourth-order valence-electron chi connectivity index (χ4n) is 4.12. The smallest absolute Gasteiger partial charge is 0.227 e. The number of hydrogen-bond acceptors (Lipinski definition) is 7. The van der Waals surface area contributed by atoms with Crippen LogP contribution in [0.1, 0.15) is 21.3 Å². The molecule has 3 aromatic carbocycles. The van der Waals surface area contributed by atoms with Gasteiger partial charge in [-0.2, -0.15) is 0 Å². The summed E-state index contributed by atoms with van der Waals surface area (Å²) in [5.74, 6) is 0.103. The quantitative estimate of drug-likeness (QED) is 0.339. The Bertz CT molecular complexity index is 1310. The molecule has 1 unspecified atom stereocenters. The number of amides is 1. The lowest BCUT2D eigenvalue weighted by Gasteiger charge is -2.16. The van der Waals surface area contributed by atoms with Crippen LogP contribution in [0.5, 0.6) is 0 Å². The van der Waals surface area contributed by atoms with Crippen molar-refractivity contribution in [3.8, 4) is 11.1 Å². The number of carbonyl (C=O) groups excluding carboxylic acids is 1. The molecule has 1 saturated heterocycles. The predicted molar refractivity (Wildman–Crippen MR) is 150 cm³/mol. The van der Waals surface area contributed by atoms with Crippen LogP contribution in [0.3, 0.4) is 0 Å². The number of hydrogen-bond donors (Lipinski definition) is 2. The first-order valence-electron chi connectivity index (χ1n) is 11.6. The second kappa shape index (κ2) is 12.4. The first-order chi connectivity index (χ1) is 17.5. The lowest BCUT2D eigenvalue weighted by molar-refractivity contribution is -0.117. The van der Waals surface area contributed by atoms with Gasteiger partial charge in [0.1, 0.15) is 0 Å².